The zero-order valence-corrected chi connectivity index (χ0v) is 19.6. The van der Waals surface area contributed by atoms with E-state index in [4.69, 9.17) is 4.74 Å². The number of nitrogens with zero attached hydrogens (tertiary/aromatic N) is 4. The van der Waals surface area contributed by atoms with Gasteiger partial charge in [-0.05, 0) is 68.5 Å². The first kappa shape index (κ1) is 22.4. The summed E-state index contributed by atoms with van der Waals surface area (Å²) in [5, 5.41) is 0. The first-order valence-corrected chi connectivity index (χ1v) is 12.0. The van der Waals surface area contributed by atoms with Crippen LogP contribution in [0.25, 0.3) is 0 Å². The van der Waals surface area contributed by atoms with E-state index >= 15 is 0 Å². The smallest absolute Gasteiger partial charge is 0.410 e. The van der Waals surface area contributed by atoms with Crippen molar-refractivity contribution >= 4 is 17.4 Å². The van der Waals surface area contributed by atoms with Gasteiger partial charge in [0.15, 0.2) is 0 Å². The van der Waals surface area contributed by atoms with Crippen molar-refractivity contribution in [1.82, 2.24) is 19.8 Å². The third-order valence-corrected chi connectivity index (χ3v) is 6.90. The Morgan fingerprint density at radius 3 is 2.47 bits per heavy atom. The van der Waals surface area contributed by atoms with Gasteiger partial charge in [-0.25, -0.2) is 9.78 Å². The Kier molecular flexibility index (Phi) is 7.50. The van der Waals surface area contributed by atoms with E-state index in [0.717, 1.165) is 50.3 Å². The molecule has 3 heterocycles. The molecule has 0 bridgehead atoms. The summed E-state index contributed by atoms with van der Waals surface area (Å²) >= 11 is 1.72. The molecule has 0 aliphatic carbocycles. The summed E-state index contributed by atoms with van der Waals surface area (Å²) in [7, 11) is 0. The molecule has 1 aromatic carbocycles. The van der Waals surface area contributed by atoms with Crippen molar-refractivity contribution in [1.29, 1.82) is 0 Å². The van der Waals surface area contributed by atoms with Crippen LogP contribution < -0.4 is 4.74 Å². The van der Waals surface area contributed by atoms with E-state index in [0.29, 0.717) is 18.8 Å². The first-order valence-electron chi connectivity index (χ1n) is 11.2. The van der Waals surface area contributed by atoms with Crippen LogP contribution in [-0.4, -0.2) is 58.6 Å². The third-order valence-electron chi connectivity index (χ3n) is 5.90. The quantitative estimate of drug-likeness (QED) is 0.537. The highest BCUT2D eigenvalue weighted by Gasteiger charge is 2.22. The molecule has 32 heavy (non-hydrogen) atoms. The van der Waals surface area contributed by atoms with Crippen LogP contribution in [0.4, 0.5) is 4.79 Å². The van der Waals surface area contributed by atoms with Gasteiger partial charge in [0.2, 0.25) is 0 Å². The van der Waals surface area contributed by atoms with Crippen LogP contribution in [0, 0.1) is 13.8 Å². The Hall–Kier alpha value is -2.77. The summed E-state index contributed by atoms with van der Waals surface area (Å²) in [5.74, 6) is 0.593. The normalized spacial score (nSPS) is 14.5. The van der Waals surface area contributed by atoms with Gasteiger partial charge < -0.3 is 9.64 Å². The van der Waals surface area contributed by atoms with Gasteiger partial charge in [-0.1, -0.05) is 12.1 Å². The molecular formula is C25H30N4O2S. The molecule has 0 N–H and O–H groups in total. The highest BCUT2D eigenvalue weighted by atomic mass is 32.1. The minimum Gasteiger partial charge on any atom is -0.410 e. The van der Waals surface area contributed by atoms with Crippen molar-refractivity contribution in [3.05, 3.63) is 75.5 Å². The summed E-state index contributed by atoms with van der Waals surface area (Å²) in [5.41, 5.74) is 6.58. The minimum atomic E-state index is -0.264. The topological polar surface area (TPSA) is 58.6 Å². The van der Waals surface area contributed by atoms with E-state index in [1.165, 1.54) is 16.0 Å². The number of piperazine rings is 1. The molecule has 4 rings (SSSR count). The maximum atomic E-state index is 12.6. The number of carbonyl (C=O) groups is 1. The molecule has 3 aromatic rings. The predicted octanol–water partition coefficient (Wildman–Crippen LogP) is 4.30. The highest BCUT2D eigenvalue weighted by molar-refractivity contribution is 7.09. The molecule has 7 heteroatoms. The van der Waals surface area contributed by atoms with Crippen LogP contribution in [0.15, 0.2) is 48.1 Å². The molecule has 0 unspecified atom stereocenters. The van der Waals surface area contributed by atoms with Gasteiger partial charge in [0.1, 0.15) is 5.75 Å². The van der Waals surface area contributed by atoms with E-state index < -0.39 is 0 Å². The van der Waals surface area contributed by atoms with Gasteiger partial charge in [-0.15, -0.1) is 11.3 Å². The molecule has 6 nitrogen and oxygen atoms in total. The van der Waals surface area contributed by atoms with E-state index in [2.05, 4.69) is 34.8 Å². The number of amides is 1. The number of carbonyl (C=O) groups excluding carboxylic acids is 1. The molecule has 1 aliphatic rings. The molecule has 2 aromatic heterocycles. The Balaban J connectivity index is 1.20. The zero-order valence-electron chi connectivity index (χ0n) is 18.8. The van der Waals surface area contributed by atoms with E-state index in [-0.39, 0.29) is 6.09 Å². The molecule has 0 saturated carbocycles. The molecule has 0 atom stereocenters. The summed E-state index contributed by atoms with van der Waals surface area (Å²) in [6, 6.07) is 11.9. The number of thiazole rings is 1. The van der Waals surface area contributed by atoms with E-state index in [9.17, 15) is 4.79 Å². The lowest BCUT2D eigenvalue weighted by Crippen LogP contribution is -2.49. The maximum Gasteiger partial charge on any atom is 0.415 e. The van der Waals surface area contributed by atoms with E-state index in [1.54, 1.807) is 16.2 Å². The summed E-state index contributed by atoms with van der Waals surface area (Å²) in [4.78, 5) is 26.8. The van der Waals surface area contributed by atoms with Gasteiger partial charge in [0.05, 0.1) is 11.2 Å². The number of hydrogen-bond acceptors (Lipinski definition) is 6. The highest BCUT2D eigenvalue weighted by Crippen LogP contribution is 2.17. The Labute approximate surface area is 193 Å². The van der Waals surface area contributed by atoms with Crippen molar-refractivity contribution in [2.75, 3.05) is 32.7 Å². The minimum absolute atomic E-state index is 0.264. The van der Waals surface area contributed by atoms with Crippen molar-refractivity contribution in [2.45, 2.75) is 33.1 Å². The molecule has 0 radical (unpaired) electrons. The maximum absolute atomic E-state index is 12.6. The van der Waals surface area contributed by atoms with Crippen molar-refractivity contribution in [3.8, 4) is 5.75 Å². The van der Waals surface area contributed by atoms with Gasteiger partial charge in [0.25, 0.3) is 0 Å². The summed E-state index contributed by atoms with van der Waals surface area (Å²) in [6.07, 6.45) is 4.42. The largest absolute Gasteiger partial charge is 0.415 e. The fourth-order valence-corrected chi connectivity index (χ4v) is 4.65. The van der Waals surface area contributed by atoms with Gasteiger partial charge in [0, 0.05) is 49.5 Å². The van der Waals surface area contributed by atoms with Crippen LogP contribution in [0.5, 0.6) is 5.75 Å². The second-order valence-corrected chi connectivity index (χ2v) is 9.22. The number of ether oxygens (including phenoxy) is 1. The Morgan fingerprint density at radius 2 is 1.78 bits per heavy atom. The van der Waals surface area contributed by atoms with Crippen LogP contribution in [0.1, 0.15) is 27.4 Å². The second kappa shape index (κ2) is 10.7. The molecule has 1 amide bonds. The van der Waals surface area contributed by atoms with Crippen molar-refractivity contribution < 1.29 is 9.53 Å². The summed E-state index contributed by atoms with van der Waals surface area (Å²) in [6.45, 7) is 8.29. The van der Waals surface area contributed by atoms with Gasteiger partial charge >= 0.3 is 6.09 Å². The first-order chi connectivity index (χ1) is 15.6. The lowest BCUT2D eigenvalue weighted by molar-refractivity contribution is 0.111. The third kappa shape index (κ3) is 6.14. The Bertz CT molecular complexity index is 1030. The Morgan fingerprint density at radius 1 is 1.00 bits per heavy atom. The second-order valence-electron chi connectivity index (χ2n) is 8.28. The zero-order chi connectivity index (χ0) is 22.3. The average molecular weight is 451 g/mol. The van der Waals surface area contributed by atoms with Gasteiger partial charge in [-0.2, -0.15) is 0 Å². The standard InChI is InChI=1S/C25H30N4O2S/c1-19-9-11-26-22(17-19)6-3-21-4-7-23(8-5-21)31-25(30)29-15-13-28(14-16-29)12-10-24-20(2)27-18-32-24/h4-5,7-9,11,17-18H,3,6,10,12-16H2,1-2H3. The number of hydrogen-bond donors (Lipinski definition) is 0. The number of rotatable bonds is 7. The number of benzene rings is 1. The van der Waals surface area contributed by atoms with E-state index in [1.807, 2.05) is 42.0 Å². The molecule has 1 aliphatic heterocycles. The van der Waals surface area contributed by atoms with Crippen LogP contribution in [-0.2, 0) is 19.3 Å². The number of aryl methyl sites for hydroxylation is 4. The number of pyridine rings is 1. The van der Waals surface area contributed by atoms with Crippen LogP contribution in [0.3, 0.4) is 0 Å². The average Bonchev–Trinajstić information content (AvgIpc) is 3.22. The SMILES string of the molecule is Cc1ccnc(CCc2ccc(OC(=O)N3CCN(CCc4scnc4C)CC3)cc2)c1. The van der Waals surface area contributed by atoms with Crippen LogP contribution >= 0.6 is 11.3 Å². The van der Waals surface area contributed by atoms with Crippen molar-refractivity contribution in [3.63, 3.8) is 0 Å². The molecular weight excluding hydrogens is 420 g/mol. The van der Waals surface area contributed by atoms with Crippen LogP contribution in [0.2, 0.25) is 0 Å². The molecule has 0 spiro atoms. The fourth-order valence-electron chi connectivity index (χ4n) is 3.88. The van der Waals surface area contributed by atoms with Crippen molar-refractivity contribution in [2.24, 2.45) is 0 Å². The predicted molar refractivity (Wildman–Crippen MR) is 127 cm³/mol. The number of aromatic nitrogens is 2. The fraction of sp³-hybridized carbons (Fsp3) is 0.400. The monoisotopic (exact) mass is 450 g/mol. The lowest BCUT2D eigenvalue weighted by Gasteiger charge is -2.33. The molecule has 1 saturated heterocycles. The summed E-state index contributed by atoms with van der Waals surface area (Å²) < 4.78 is 5.61. The van der Waals surface area contributed by atoms with Gasteiger partial charge in [-0.3, -0.25) is 9.88 Å². The molecule has 168 valence electrons. The molecule has 1 fully saturated rings. The lowest BCUT2D eigenvalue weighted by atomic mass is 10.1.